The number of hydrogen-bond acceptors (Lipinski definition) is 4. The number of likely N-dealkylation sites (tertiary alicyclic amines) is 1. The molecule has 8 heteroatoms. The molecule has 3 amide bonds. The van der Waals surface area contributed by atoms with Crippen molar-refractivity contribution in [3.05, 3.63) is 11.8 Å². The standard InChI is InChI=1S/C22H40N6O2/c1-21(2,3)17-15-18(28(26-17)22(4,5)6)25-20(30)24-11-7-8-12-27-13-9-16(10-14-27)19(23)29/h15-16H,7-14H2,1-6H3,(H2,23,29)(H2,24,25,30). The first kappa shape index (κ1) is 24.2. The third-order valence-corrected chi connectivity index (χ3v) is 5.53. The maximum atomic E-state index is 12.4. The molecule has 0 bridgehead atoms. The lowest BCUT2D eigenvalue weighted by atomic mass is 9.92. The minimum Gasteiger partial charge on any atom is -0.369 e. The van der Waals surface area contributed by atoms with Crippen LogP contribution in [0.2, 0.25) is 0 Å². The number of primary amides is 1. The summed E-state index contributed by atoms with van der Waals surface area (Å²) in [5.74, 6) is 0.571. The van der Waals surface area contributed by atoms with E-state index in [2.05, 4.69) is 57.1 Å². The average Bonchev–Trinajstić information content (AvgIpc) is 3.06. The molecule has 8 nitrogen and oxygen atoms in total. The van der Waals surface area contributed by atoms with Crippen LogP contribution >= 0.6 is 0 Å². The number of nitrogens with two attached hydrogens (primary N) is 1. The molecule has 0 atom stereocenters. The van der Waals surface area contributed by atoms with Gasteiger partial charge in [-0.05, 0) is 66.1 Å². The van der Waals surface area contributed by atoms with Gasteiger partial charge in [0.1, 0.15) is 5.82 Å². The number of nitrogens with zero attached hydrogens (tertiary/aromatic N) is 3. The summed E-state index contributed by atoms with van der Waals surface area (Å²) in [6.07, 6.45) is 3.63. The van der Waals surface area contributed by atoms with Crippen LogP contribution in [0, 0.1) is 5.92 Å². The number of amides is 3. The minimum atomic E-state index is -0.228. The fraction of sp³-hybridized carbons (Fsp3) is 0.773. The van der Waals surface area contributed by atoms with Gasteiger partial charge < -0.3 is 16.0 Å². The largest absolute Gasteiger partial charge is 0.369 e. The molecule has 0 saturated carbocycles. The van der Waals surface area contributed by atoms with Gasteiger partial charge in [-0.3, -0.25) is 10.1 Å². The van der Waals surface area contributed by atoms with E-state index in [1.807, 2.05) is 10.7 Å². The molecule has 0 aliphatic carbocycles. The zero-order valence-corrected chi connectivity index (χ0v) is 19.5. The molecule has 0 radical (unpaired) electrons. The van der Waals surface area contributed by atoms with Crippen molar-refractivity contribution in [2.75, 3.05) is 31.5 Å². The van der Waals surface area contributed by atoms with Gasteiger partial charge in [0.2, 0.25) is 5.91 Å². The number of aromatic nitrogens is 2. The molecule has 1 aliphatic rings. The Balaban J connectivity index is 1.75. The van der Waals surface area contributed by atoms with Crippen LogP contribution in [-0.2, 0) is 15.7 Å². The first-order chi connectivity index (χ1) is 13.9. The second-order valence-corrected chi connectivity index (χ2v) is 10.4. The summed E-state index contributed by atoms with van der Waals surface area (Å²) >= 11 is 0. The first-order valence-corrected chi connectivity index (χ1v) is 11.1. The third kappa shape index (κ3) is 7.00. The molecular formula is C22H40N6O2. The zero-order valence-electron chi connectivity index (χ0n) is 19.5. The number of carbonyl (C=O) groups is 2. The van der Waals surface area contributed by atoms with Gasteiger partial charge in [-0.25, -0.2) is 9.48 Å². The summed E-state index contributed by atoms with van der Waals surface area (Å²) in [7, 11) is 0. The molecule has 30 heavy (non-hydrogen) atoms. The predicted molar refractivity (Wildman–Crippen MR) is 121 cm³/mol. The summed E-state index contributed by atoms with van der Waals surface area (Å²) < 4.78 is 1.88. The van der Waals surface area contributed by atoms with Crippen LogP contribution < -0.4 is 16.4 Å². The van der Waals surface area contributed by atoms with Crippen LogP contribution in [-0.4, -0.2) is 52.8 Å². The minimum absolute atomic E-state index is 0.0342. The Bertz CT molecular complexity index is 721. The second kappa shape index (κ2) is 9.81. The average molecular weight is 421 g/mol. The molecule has 2 rings (SSSR count). The lowest BCUT2D eigenvalue weighted by Crippen LogP contribution is -2.39. The lowest BCUT2D eigenvalue weighted by Gasteiger charge is -2.30. The summed E-state index contributed by atoms with van der Waals surface area (Å²) in [6, 6.07) is 1.75. The SMILES string of the molecule is CC(C)(C)c1cc(NC(=O)NCCCCN2CCC(C(N)=O)CC2)n(C(C)(C)C)n1. The van der Waals surface area contributed by atoms with Gasteiger partial charge >= 0.3 is 6.03 Å². The molecule has 0 aromatic carbocycles. The molecule has 1 fully saturated rings. The Kier molecular flexibility index (Phi) is 7.91. The van der Waals surface area contributed by atoms with Crippen molar-refractivity contribution in [3.8, 4) is 0 Å². The van der Waals surface area contributed by atoms with Gasteiger partial charge in [0, 0.05) is 23.9 Å². The van der Waals surface area contributed by atoms with Crippen molar-refractivity contribution in [3.63, 3.8) is 0 Å². The van der Waals surface area contributed by atoms with Crippen molar-refractivity contribution in [1.29, 1.82) is 0 Å². The molecule has 2 heterocycles. The normalized spacial score (nSPS) is 16.5. The van der Waals surface area contributed by atoms with Crippen molar-refractivity contribution >= 4 is 17.8 Å². The summed E-state index contributed by atoms with van der Waals surface area (Å²) in [6.45, 7) is 16.0. The van der Waals surface area contributed by atoms with Crippen LogP contribution in [0.5, 0.6) is 0 Å². The maximum Gasteiger partial charge on any atom is 0.320 e. The van der Waals surface area contributed by atoms with E-state index in [-0.39, 0.29) is 28.8 Å². The number of carbonyl (C=O) groups excluding carboxylic acids is 2. The van der Waals surface area contributed by atoms with Crippen molar-refractivity contribution in [1.82, 2.24) is 20.0 Å². The van der Waals surface area contributed by atoms with Crippen LogP contribution in [0.1, 0.15) is 72.9 Å². The van der Waals surface area contributed by atoms with Gasteiger partial charge in [-0.15, -0.1) is 0 Å². The zero-order chi connectivity index (χ0) is 22.5. The van der Waals surface area contributed by atoms with E-state index >= 15 is 0 Å². The fourth-order valence-corrected chi connectivity index (χ4v) is 3.61. The summed E-state index contributed by atoms with van der Waals surface area (Å²) in [5.41, 5.74) is 6.02. The molecule has 1 saturated heterocycles. The predicted octanol–water partition coefficient (Wildman–Crippen LogP) is 3.03. The number of nitrogens with one attached hydrogen (secondary N) is 2. The van der Waals surface area contributed by atoms with Gasteiger partial charge in [0.25, 0.3) is 0 Å². The van der Waals surface area contributed by atoms with Crippen LogP contribution in [0.3, 0.4) is 0 Å². The summed E-state index contributed by atoms with van der Waals surface area (Å²) in [5, 5.41) is 10.6. The van der Waals surface area contributed by atoms with E-state index in [1.165, 1.54) is 0 Å². The highest BCUT2D eigenvalue weighted by Gasteiger charge is 2.26. The Morgan fingerprint density at radius 1 is 1.13 bits per heavy atom. The van der Waals surface area contributed by atoms with Crippen molar-refractivity contribution in [2.24, 2.45) is 11.7 Å². The van der Waals surface area contributed by atoms with E-state index in [9.17, 15) is 9.59 Å². The lowest BCUT2D eigenvalue weighted by molar-refractivity contribution is -0.123. The number of piperidine rings is 1. The van der Waals surface area contributed by atoms with E-state index in [4.69, 9.17) is 10.8 Å². The Labute approximate surface area is 180 Å². The number of unbranched alkanes of at least 4 members (excludes halogenated alkanes) is 1. The molecular weight excluding hydrogens is 380 g/mol. The number of anilines is 1. The number of urea groups is 1. The van der Waals surface area contributed by atoms with Gasteiger partial charge in [-0.1, -0.05) is 20.8 Å². The van der Waals surface area contributed by atoms with Crippen LogP contribution in [0.15, 0.2) is 6.07 Å². The maximum absolute atomic E-state index is 12.4. The van der Waals surface area contributed by atoms with Crippen molar-refractivity contribution < 1.29 is 9.59 Å². The summed E-state index contributed by atoms with van der Waals surface area (Å²) in [4.78, 5) is 26.0. The van der Waals surface area contributed by atoms with Gasteiger partial charge in [-0.2, -0.15) is 5.10 Å². The molecule has 170 valence electrons. The van der Waals surface area contributed by atoms with Crippen LogP contribution in [0.4, 0.5) is 10.6 Å². The van der Waals surface area contributed by atoms with E-state index < -0.39 is 0 Å². The highest BCUT2D eigenvalue weighted by atomic mass is 16.2. The van der Waals surface area contributed by atoms with Crippen molar-refractivity contribution in [2.45, 2.75) is 78.2 Å². The fourth-order valence-electron chi connectivity index (χ4n) is 3.61. The third-order valence-electron chi connectivity index (χ3n) is 5.53. The first-order valence-electron chi connectivity index (χ1n) is 11.1. The molecule has 4 N–H and O–H groups in total. The highest BCUT2D eigenvalue weighted by molar-refractivity contribution is 5.88. The molecule has 1 aromatic heterocycles. The highest BCUT2D eigenvalue weighted by Crippen LogP contribution is 2.28. The smallest absolute Gasteiger partial charge is 0.320 e. The molecule has 0 spiro atoms. The molecule has 1 aromatic rings. The van der Waals surface area contributed by atoms with E-state index in [1.54, 1.807) is 0 Å². The Morgan fingerprint density at radius 3 is 2.30 bits per heavy atom. The second-order valence-electron chi connectivity index (χ2n) is 10.4. The Morgan fingerprint density at radius 2 is 1.77 bits per heavy atom. The van der Waals surface area contributed by atoms with Gasteiger partial charge in [0.05, 0.1) is 11.2 Å². The van der Waals surface area contributed by atoms with Crippen LogP contribution in [0.25, 0.3) is 0 Å². The molecule has 1 aliphatic heterocycles. The van der Waals surface area contributed by atoms with E-state index in [0.717, 1.165) is 51.0 Å². The number of hydrogen-bond donors (Lipinski definition) is 3. The number of rotatable bonds is 7. The molecule has 0 unspecified atom stereocenters. The van der Waals surface area contributed by atoms with Gasteiger partial charge in [0.15, 0.2) is 0 Å². The Hall–Kier alpha value is -2.09. The van der Waals surface area contributed by atoms with E-state index in [0.29, 0.717) is 12.4 Å². The monoisotopic (exact) mass is 420 g/mol. The topological polar surface area (TPSA) is 105 Å². The quantitative estimate of drug-likeness (QED) is 0.590.